The molecule has 0 fully saturated rings. The molecule has 5 unspecified atom stereocenters. The number of hydrogen-bond acceptors (Lipinski definition) is 15. The van der Waals surface area contributed by atoms with Gasteiger partial charge < -0.3 is 14.4 Å². The Labute approximate surface area is 514 Å². The molecular formula is C53H87F18N2O14P3. The highest BCUT2D eigenvalue weighted by Gasteiger charge is 2.41. The van der Waals surface area contributed by atoms with Crippen LogP contribution in [-0.2, 0) is 59.4 Å². The number of halogens is 18. The van der Waals surface area contributed by atoms with E-state index in [0.29, 0.717) is 6.42 Å². The Morgan fingerprint density at radius 3 is 1.01 bits per heavy atom. The zero-order chi connectivity index (χ0) is 68.7. The molecule has 0 amide bonds. The molecule has 90 heavy (non-hydrogen) atoms. The van der Waals surface area contributed by atoms with Crippen LogP contribution in [0.15, 0.2) is 0 Å². The Kier molecular flexibility index (Phi) is 42.9. The number of rotatable bonds is 55. The monoisotopic (exact) mass is 1410 g/mol. The standard InChI is InChI=1S/C53H87F18N2O14P3/c1-3-5-6-9-34-80-88(74,75)86-45(40-79-43-47(23-15-29-51(63,64)65,24-16-30-52(66,67)68)25-17-31-53(69,70)71)41-85-89(76,82-37-18-32-72)81-35-10-7-8-11-36-83-90(77,84-38-19-33-73)87-44(4-2)39-78-42-46(20-12-26-48(54,55)56,21-13-27-49(57,58)59)22-14-28-50(60,61)62/h44-45H,3-31,34-43H2,1-2H3,(H,74,75). The van der Waals surface area contributed by atoms with E-state index in [1.54, 1.807) is 12.1 Å². The molecule has 37 heteroatoms. The van der Waals surface area contributed by atoms with Gasteiger partial charge in [0.05, 0.1) is 97.2 Å². The van der Waals surface area contributed by atoms with Gasteiger partial charge in [0.1, 0.15) is 6.10 Å². The molecule has 0 spiro atoms. The van der Waals surface area contributed by atoms with E-state index in [-0.39, 0.29) is 64.6 Å². The predicted octanol–water partition coefficient (Wildman–Crippen LogP) is 20.0. The number of nitrogens with zero attached hydrogens (tertiary/aromatic N) is 2. The van der Waals surface area contributed by atoms with Crippen LogP contribution in [0.1, 0.15) is 200 Å². The van der Waals surface area contributed by atoms with E-state index < -0.39 is 252 Å². The molecule has 5 atom stereocenters. The van der Waals surface area contributed by atoms with E-state index in [0.717, 1.165) is 12.8 Å². The number of alkyl halides is 18. The van der Waals surface area contributed by atoms with Crippen LogP contribution in [0.5, 0.6) is 0 Å². The van der Waals surface area contributed by atoms with Gasteiger partial charge in [-0.15, -0.1) is 0 Å². The summed E-state index contributed by atoms with van der Waals surface area (Å²) in [4.78, 5) is 10.6. The molecular weight excluding hydrogens is 1320 g/mol. The topological polar surface area (TPSA) is 211 Å². The first-order chi connectivity index (χ1) is 41.6. The van der Waals surface area contributed by atoms with Gasteiger partial charge in [-0.05, 0) is 114 Å². The summed E-state index contributed by atoms with van der Waals surface area (Å²) in [6.07, 6.45) is -44.4. The lowest BCUT2D eigenvalue weighted by atomic mass is 9.75. The highest BCUT2D eigenvalue weighted by Crippen LogP contribution is 2.53. The molecule has 0 aromatic heterocycles. The van der Waals surface area contributed by atoms with Gasteiger partial charge >= 0.3 is 60.5 Å². The van der Waals surface area contributed by atoms with Crippen molar-refractivity contribution in [3.05, 3.63) is 0 Å². The lowest BCUT2D eigenvalue weighted by molar-refractivity contribution is -0.144. The Balaban J connectivity index is 6.30. The van der Waals surface area contributed by atoms with Gasteiger partial charge in [-0.25, -0.2) is 13.7 Å². The largest absolute Gasteiger partial charge is 0.475 e. The van der Waals surface area contributed by atoms with Crippen molar-refractivity contribution in [3.8, 4) is 12.1 Å². The molecule has 0 saturated carbocycles. The fourth-order valence-electron chi connectivity index (χ4n) is 9.12. The molecule has 16 nitrogen and oxygen atoms in total. The minimum absolute atomic E-state index is 0.0190. The molecule has 0 aromatic rings. The van der Waals surface area contributed by atoms with Crippen molar-refractivity contribution < 1.29 is 143 Å². The molecule has 0 bridgehead atoms. The molecule has 1 N–H and O–H groups in total. The highest BCUT2D eigenvalue weighted by atomic mass is 31.2. The Morgan fingerprint density at radius 1 is 0.367 bits per heavy atom. The molecule has 0 aliphatic rings. The van der Waals surface area contributed by atoms with E-state index >= 15 is 0 Å². The maximum absolute atomic E-state index is 13.9. The average molecular weight is 1410 g/mol. The number of unbranched alkanes of at least 4 members (excludes halogenated alkanes) is 6. The van der Waals surface area contributed by atoms with Crippen molar-refractivity contribution >= 4 is 23.5 Å². The second kappa shape index (κ2) is 43.9. The summed E-state index contributed by atoms with van der Waals surface area (Å²) >= 11 is 0. The number of hydrogen-bond donors (Lipinski definition) is 1. The van der Waals surface area contributed by atoms with Gasteiger partial charge in [0.2, 0.25) is 0 Å². The molecule has 0 radical (unpaired) electrons. The van der Waals surface area contributed by atoms with Crippen LogP contribution < -0.4 is 0 Å². The van der Waals surface area contributed by atoms with Crippen LogP contribution in [-0.4, -0.2) is 120 Å². The van der Waals surface area contributed by atoms with Gasteiger partial charge in [-0.3, -0.25) is 36.2 Å². The van der Waals surface area contributed by atoms with Crippen LogP contribution in [0.2, 0.25) is 0 Å². The van der Waals surface area contributed by atoms with Gasteiger partial charge in [-0.1, -0.05) is 46.0 Å². The van der Waals surface area contributed by atoms with Crippen molar-refractivity contribution in [2.24, 2.45) is 10.8 Å². The molecule has 0 saturated heterocycles. The summed E-state index contributed by atoms with van der Waals surface area (Å²) in [7, 11) is -14.5. The minimum atomic E-state index is -5.09. The molecule has 534 valence electrons. The summed E-state index contributed by atoms with van der Waals surface area (Å²) in [6, 6.07) is 3.48. The van der Waals surface area contributed by atoms with Crippen molar-refractivity contribution in [2.45, 2.75) is 249 Å². The number of phosphoric ester groups is 3. The first-order valence-corrected chi connectivity index (χ1v) is 34.0. The first kappa shape index (κ1) is 88.0. The lowest BCUT2D eigenvalue weighted by Gasteiger charge is -2.35. The maximum Gasteiger partial charge on any atom is 0.475 e. The fraction of sp³-hybridized carbons (Fsp3) is 0.962. The van der Waals surface area contributed by atoms with Gasteiger partial charge in [0, 0.05) is 38.5 Å². The summed E-state index contributed by atoms with van der Waals surface area (Å²) in [5, 5.41) is 18.2. The van der Waals surface area contributed by atoms with E-state index in [2.05, 4.69) is 0 Å². The Bertz CT molecular complexity index is 2030. The quantitative estimate of drug-likeness (QED) is 0.0341. The van der Waals surface area contributed by atoms with E-state index in [1.807, 2.05) is 6.92 Å². The molecule has 0 aliphatic carbocycles. The number of ether oxygens (including phenoxy) is 2. The molecule has 0 rings (SSSR count). The normalized spacial score (nSPS) is 16.1. The summed E-state index contributed by atoms with van der Waals surface area (Å²) < 4.78 is 333. The maximum atomic E-state index is 13.9. The minimum Gasteiger partial charge on any atom is -0.378 e. The highest BCUT2D eigenvalue weighted by molar-refractivity contribution is 7.48. The zero-order valence-electron chi connectivity index (χ0n) is 50.5. The lowest BCUT2D eigenvalue weighted by Crippen LogP contribution is -2.32. The van der Waals surface area contributed by atoms with Gasteiger partial charge in [0.15, 0.2) is 0 Å². The fourth-order valence-corrected chi connectivity index (χ4v) is 12.7. The third-order valence-corrected chi connectivity index (χ3v) is 17.7. The van der Waals surface area contributed by atoms with Crippen molar-refractivity contribution in [1.82, 2.24) is 0 Å². The van der Waals surface area contributed by atoms with E-state index in [1.165, 1.54) is 6.92 Å². The summed E-state index contributed by atoms with van der Waals surface area (Å²) in [5.41, 5.74) is -3.29. The van der Waals surface area contributed by atoms with E-state index in [9.17, 15) is 97.6 Å². The van der Waals surface area contributed by atoms with Crippen molar-refractivity contribution in [3.63, 3.8) is 0 Å². The molecule has 0 aromatic carbocycles. The van der Waals surface area contributed by atoms with Gasteiger partial charge in [-0.2, -0.15) is 89.6 Å². The zero-order valence-corrected chi connectivity index (χ0v) is 53.2. The SMILES string of the molecule is CCCCCCOP(=O)(O)OC(COCC(CCCC(F)(F)F)(CCCC(F)(F)F)CCCC(F)(F)F)COP(=O)(OCCC#N)OCCCCCCOP(=O)(OCCC#N)OC(CC)COCC(CCCC(F)(F)F)(CCCC(F)(F)F)CCCC(F)(F)F. The summed E-state index contributed by atoms with van der Waals surface area (Å²) in [5.74, 6) is 0. The third kappa shape index (κ3) is 50.4. The Morgan fingerprint density at radius 2 is 0.678 bits per heavy atom. The van der Waals surface area contributed by atoms with Crippen LogP contribution in [0.25, 0.3) is 0 Å². The Hall–Kier alpha value is -2.03. The van der Waals surface area contributed by atoms with Crippen LogP contribution >= 0.6 is 23.5 Å². The van der Waals surface area contributed by atoms with Gasteiger partial charge in [0.25, 0.3) is 0 Å². The smallest absolute Gasteiger partial charge is 0.378 e. The second-order valence-corrected chi connectivity index (χ2v) is 26.5. The molecule has 0 heterocycles. The first-order valence-electron chi connectivity index (χ1n) is 29.6. The van der Waals surface area contributed by atoms with Crippen LogP contribution in [0.4, 0.5) is 79.0 Å². The van der Waals surface area contributed by atoms with Crippen molar-refractivity contribution in [2.75, 3.05) is 66.1 Å². The molecule has 0 aliphatic heterocycles. The van der Waals surface area contributed by atoms with Crippen LogP contribution in [0, 0.1) is 33.5 Å². The third-order valence-electron chi connectivity index (χ3n) is 13.6. The summed E-state index contributed by atoms with van der Waals surface area (Å²) in [6.45, 7) is -2.57. The average Bonchev–Trinajstić information content (AvgIpc) is 1.65. The predicted molar refractivity (Wildman–Crippen MR) is 290 cm³/mol. The van der Waals surface area contributed by atoms with E-state index in [4.69, 9.17) is 56.2 Å². The second-order valence-electron chi connectivity index (χ2n) is 21.8. The number of nitriles is 2. The van der Waals surface area contributed by atoms with Crippen molar-refractivity contribution in [1.29, 1.82) is 10.5 Å². The van der Waals surface area contributed by atoms with Crippen LogP contribution in [0.3, 0.4) is 0 Å². The number of phosphoric acid groups is 3.